The molecule has 0 spiro atoms. The Balaban J connectivity index is 1.44. The van der Waals surface area contributed by atoms with Crippen LogP contribution in [0.3, 0.4) is 0 Å². The molecule has 2 heterocycles. The molecular weight excluding hydrogens is 588 g/mol. The number of H-pyrrole nitrogens is 1. The van der Waals surface area contributed by atoms with E-state index in [4.69, 9.17) is 9.47 Å². The monoisotopic (exact) mass is 611 g/mol. The van der Waals surface area contributed by atoms with Crippen LogP contribution < -0.4 is 26.4 Å². The summed E-state index contributed by atoms with van der Waals surface area (Å²) in [5.74, 6) is 0. The second-order valence-corrected chi connectivity index (χ2v) is 11.4. The van der Waals surface area contributed by atoms with E-state index in [1.165, 1.54) is 12.1 Å². The van der Waals surface area contributed by atoms with E-state index in [1.807, 2.05) is 4.98 Å². The maximum Gasteiger partial charge on any atom is 0.412 e. The minimum absolute atomic E-state index is 0.338. The average Bonchev–Trinajstić information content (AvgIpc) is 3.21. The van der Waals surface area contributed by atoms with Crippen LogP contribution in [0.25, 0.3) is 0 Å². The number of aromatic nitrogens is 2. The Morgan fingerprint density at radius 2 is 1.63 bits per heavy atom. The highest BCUT2D eigenvalue weighted by atomic mass is 31.3. The van der Waals surface area contributed by atoms with Crippen LogP contribution in [-0.4, -0.2) is 45.7 Å². The zero-order valence-electron chi connectivity index (χ0n) is 20.8. The third kappa shape index (κ3) is 8.53. The molecule has 3 aromatic rings. The summed E-state index contributed by atoms with van der Waals surface area (Å²) in [4.78, 5) is 62.6. The zero-order chi connectivity index (χ0) is 29.6. The van der Waals surface area contributed by atoms with Gasteiger partial charge < -0.3 is 33.4 Å². The number of rotatable bonds is 11. The Bertz CT molecular complexity index is 1550. The lowest BCUT2D eigenvalue weighted by Gasteiger charge is -2.31. The number of amides is 1. The molecule has 18 heteroatoms. The Kier molecular flexibility index (Phi) is 9.71. The zero-order valence-corrected chi connectivity index (χ0v) is 22.6. The van der Waals surface area contributed by atoms with Crippen LogP contribution in [-0.2, 0) is 38.6 Å². The molecule has 0 saturated carbocycles. The van der Waals surface area contributed by atoms with E-state index in [0.717, 1.165) is 16.8 Å². The Labute approximate surface area is 231 Å². The predicted octanol–water partition coefficient (Wildman–Crippen LogP) is 0.599. The lowest BCUT2D eigenvalue weighted by Crippen LogP contribution is -2.41. The van der Waals surface area contributed by atoms with Gasteiger partial charge in [-0.3, -0.25) is 28.8 Å². The lowest BCUT2D eigenvalue weighted by molar-refractivity contribution is -0.246. The van der Waals surface area contributed by atoms with E-state index in [2.05, 4.69) is 18.7 Å². The van der Waals surface area contributed by atoms with E-state index in [1.54, 1.807) is 48.5 Å². The molecule has 1 amide bonds. The van der Waals surface area contributed by atoms with Crippen molar-refractivity contribution in [1.29, 1.82) is 0 Å². The Morgan fingerprint density at radius 1 is 1.00 bits per heavy atom. The number of hydrogen-bond donors (Lipinski definition) is 3. The fourth-order valence-corrected chi connectivity index (χ4v) is 5.68. The van der Waals surface area contributed by atoms with Crippen molar-refractivity contribution >= 4 is 27.4 Å². The first kappa shape index (κ1) is 30.5. The van der Waals surface area contributed by atoms with Gasteiger partial charge >= 0.3 is 11.8 Å². The van der Waals surface area contributed by atoms with E-state index >= 15 is 0 Å². The maximum absolute atomic E-state index is 12.5. The van der Waals surface area contributed by atoms with Crippen molar-refractivity contribution < 1.29 is 51.6 Å². The summed E-state index contributed by atoms with van der Waals surface area (Å²) in [5.41, 5.74) is -0.981. The van der Waals surface area contributed by atoms with Crippen molar-refractivity contribution in [1.82, 2.24) is 9.55 Å². The summed E-state index contributed by atoms with van der Waals surface area (Å²) in [5, 5.41) is 13.2. The van der Waals surface area contributed by atoms with Crippen molar-refractivity contribution in [2.45, 2.75) is 31.1 Å². The summed E-state index contributed by atoms with van der Waals surface area (Å²) in [7, 11) is -11.0. The molecule has 4 rings (SSSR count). The fourth-order valence-electron chi connectivity index (χ4n) is 3.69. The molecule has 41 heavy (non-hydrogen) atoms. The van der Waals surface area contributed by atoms with Gasteiger partial charge in [0.05, 0.1) is 13.2 Å². The average molecular weight is 611 g/mol. The van der Waals surface area contributed by atoms with Gasteiger partial charge in [-0.15, -0.1) is 0 Å². The highest BCUT2D eigenvalue weighted by Crippen LogP contribution is 2.56. The second-order valence-electron chi connectivity index (χ2n) is 8.46. The Morgan fingerprint density at radius 3 is 2.29 bits per heavy atom. The molecule has 220 valence electrons. The smallest absolute Gasteiger partial charge is 0.412 e. The number of aromatic amines is 1. The number of ether oxygens (including phenoxy) is 2. The first-order valence-electron chi connectivity index (χ1n) is 11.8. The molecule has 3 unspecified atom stereocenters. The largest absolute Gasteiger partial charge is 0.756 e. The number of anilines is 1. The highest BCUT2D eigenvalue weighted by Gasteiger charge is 2.48. The van der Waals surface area contributed by atoms with Gasteiger partial charge in [-0.1, -0.05) is 48.5 Å². The molecule has 0 radical (unpaired) electrons. The van der Waals surface area contributed by atoms with Gasteiger partial charge in [0.15, 0.2) is 12.3 Å². The summed E-state index contributed by atoms with van der Waals surface area (Å²) in [6, 6.07) is 17.0. The van der Waals surface area contributed by atoms with Crippen molar-refractivity contribution in [2.75, 3.05) is 11.9 Å². The minimum Gasteiger partial charge on any atom is -0.756 e. The summed E-state index contributed by atoms with van der Waals surface area (Å²) < 4.78 is 49.1. The third-order valence-electron chi connectivity index (χ3n) is 5.53. The molecule has 3 N–H and O–H groups in total. The fraction of sp³-hybridized carbons (Fsp3) is 0.261. The number of phosphoric ester groups is 2. The number of benzene rings is 2. The van der Waals surface area contributed by atoms with Gasteiger partial charge in [-0.25, -0.2) is 13.9 Å². The van der Waals surface area contributed by atoms with Gasteiger partial charge in [0, 0.05) is 18.0 Å². The number of hydrogen-bond acceptors (Lipinski definition) is 13. The van der Waals surface area contributed by atoms with Crippen molar-refractivity contribution in [2.24, 2.45) is 0 Å². The third-order valence-corrected chi connectivity index (χ3v) is 8.04. The number of carbonyl (C=O) groups is 1. The van der Waals surface area contributed by atoms with Crippen LogP contribution in [0.15, 0.2) is 82.5 Å². The molecule has 16 nitrogen and oxygen atoms in total. The number of carbonyl (C=O) groups excluding carboxylic acids is 1. The van der Waals surface area contributed by atoms with E-state index < -0.39 is 70.7 Å². The topological polar surface area (TPSA) is 231 Å². The molecule has 0 bridgehead atoms. The van der Waals surface area contributed by atoms with E-state index in [-0.39, 0.29) is 0 Å². The molecule has 2 aromatic carbocycles. The number of aliphatic hydroxyl groups excluding tert-OH is 1. The quantitative estimate of drug-likeness (QED) is 0.253. The molecule has 0 aliphatic carbocycles. The van der Waals surface area contributed by atoms with Gasteiger partial charge in [0.25, 0.3) is 21.2 Å². The minimum atomic E-state index is -5.59. The van der Waals surface area contributed by atoms with E-state index in [0.29, 0.717) is 11.3 Å². The SMILES string of the molecule is O=C(Nc1ccccc1)O[C@H]1C(O)[C@@H](COP(=O)([O-])OP(=O)([O-])OCc2ccccc2)O[C@H]1n1ccc(=O)[nH]c1=O. The van der Waals surface area contributed by atoms with Crippen LogP contribution in [0.1, 0.15) is 11.8 Å². The standard InChI is InChI=1S/C23H25N3O13P2/c27-18-11-12-26(22(29)25-18)21-20(38-23(30)24-16-9-5-2-6-10-16)19(28)17(37-21)14-36-41(33,34)39-40(31,32)35-13-15-7-3-1-4-8-15/h1-12,17,19-21,28H,13-14H2,(H,24,30)(H,31,32)(H,33,34)(H,25,27,29)/p-2/t17-,19?,20+,21-/m1/s1. The molecule has 1 aliphatic heterocycles. The van der Waals surface area contributed by atoms with Crippen LogP contribution in [0.5, 0.6) is 0 Å². The van der Waals surface area contributed by atoms with Crippen LogP contribution in [0.2, 0.25) is 0 Å². The first-order valence-corrected chi connectivity index (χ1v) is 14.7. The number of aliphatic hydroxyl groups is 1. The van der Waals surface area contributed by atoms with Crippen LogP contribution >= 0.6 is 15.6 Å². The molecule has 1 fully saturated rings. The number of nitrogens with zero attached hydrogens (tertiary/aromatic N) is 1. The van der Waals surface area contributed by atoms with Gasteiger partial charge in [-0.05, 0) is 17.7 Å². The number of phosphoric acid groups is 2. The molecular formula is C23H23N3O13P2-2. The molecule has 6 atom stereocenters. The van der Waals surface area contributed by atoms with Crippen molar-refractivity contribution in [3.63, 3.8) is 0 Å². The maximum atomic E-state index is 12.5. The number of para-hydroxylation sites is 1. The van der Waals surface area contributed by atoms with Crippen LogP contribution in [0, 0.1) is 0 Å². The Hall–Kier alpha value is -3.43. The normalized spacial score (nSPS) is 23.3. The van der Waals surface area contributed by atoms with Crippen molar-refractivity contribution in [3.05, 3.63) is 99.3 Å². The van der Waals surface area contributed by atoms with Crippen molar-refractivity contribution in [3.8, 4) is 0 Å². The summed E-state index contributed by atoms with van der Waals surface area (Å²) >= 11 is 0. The number of nitrogens with one attached hydrogen (secondary N) is 2. The van der Waals surface area contributed by atoms with Gasteiger partial charge in [-0.2, -0.15) is 0 Å². The van der Waals surface area contributed by atoms with Gasteiger partial charge in [0.2, 0.25) is 0 Å². The molecule has 1 aromatic heterocycles. The molecule has 1 aliphatic rings. The summed E-state index contributed by atoms with van der Waals surface area (Å²) in [6.45, 7) is -1.53. The second kappa shape index (κ2) is 13.0. The summed E-state index contributed by atoms with van der Waals surface area (Å²) in [6.07, 6.45) is -6.62. The van der Waals surface area contributed by atoms with Crippen LogP contribution in [0.4, 0.5) is 10.5 Å². The van der Waals surface area contributed by atoms with E-state index in [9.17, 15) is 38.4 Å². The lowest BCUT2D eigenvalue weighted by atomic mass is 10.1. The molecule has 1 saturated heterocycles. The predicted molar refractivity (Wildman–Crippen MR) is 135 cm³/mol. The highest BCUT2D eigenvalue weighted by molar-refractivity contribution is 7.59. The first-order chi connectivity index (χ1) is 19.4. The van der Waals surface area contributed by atoms with Gasteiger partial charge in [0.1, 0.15) is 12.2 Å².